The molecule has 7 heteroatoms. The van der Waals surface area contributed by atoms with Crippen LogP contribution in [0.15, 0.2) is 48.8 Å². The number of hydrogen-bond acceptors (Lipinski definition) is 5. The molecule has 1 aliphatic heterocycles. The number of halogens is 1. The van der Waals surface area contributed by atoms with Crippen molar-refractivity contribution >= 4 is 16.5 Å². The largest absolute Gasteiger partial charge is 0.633 e. The van der Waals surface area contributed by atoms with Crippen LogP contribution >= 0.6 is 0 Å². The molecule has 1 saturated heterocycles. The molecule has 6 nitrogen and oxygen atoms in total. The molecule has 0 amide bonds. The van der Waals surface area contributed by atoms with E-state index in [9.17, 15) is 9.60 Å². The lowest BCUT2D eigenvalue weighted by Crippen LogP contribution is -2.52. The second-order valence-corrected chi connectivity index (χ2v) is 7.80. The molecule has 1 aliphatic rings. The summed E-state index contributed by atoms with van der Waals surface area (Å²) in [5.74, 6) is -0.533. The van der Waals surface area contributed by atoms with Gasteiger partial charge in [0.1, 0.15) is 18.4 Å². The predicted molar refractivity (Wildman–Crippen MR) is 114 cm³/mol. The number of likely N-dealkylation sites (tertiary alicyclic amines) is 1. The van der Waals surface area contributed by atoms with Crippen LogP contribution in [0.1, 0.15) is 18.4 Å². The van der Waals surface area contributed by atoms with Gasteiger partial charge in [-0.05, 0) is 46.8 Å². The summed E-state index contributed by atoms with van der Waals surface area (Å²) in [5.41, 5.74) is 2.54. The average Bonchev–Trinajstić information content (AvgIpc) is 2.76. The molecule has 30 heavy (non-hydrogen) atoms. The number of anilines is 1. The van der Waals surface area contributed by atoms with Gasteiger partial charge >= 0.3 is 0 Å². The first kappa shape index (κ1) is 20.2. The minimum Gasteiger partial charge on any atom is -0.633 e. The van der Waals surface area contributed by atoms with Gasteiger partial charge in [-0.25, -0.2) is 4.39 Å². The van der Waals surface area contributed by atoms with Crippen LogP contribution in [0.4, 0.5) is 10.1 Å². The summed E-state index contributed by atoms with van der Waals surface area (Å²) in [6.07, 6.45) is 4.95. The maximum Gasteiger partial charge on any atom is 0.140 e. The summed E-state index contributed by atoms with van der Waals surface area (Å²) in [6, 6.07) is 12.5. The van der Waals surface area contributed by atoms with Gasteiger partial charge in [-0.15, -0.1) is 0 Å². The van der Waals surface area contributed by atoms with Crippen molar-refractivity contribution < 1.29 is 14.1 Å². The molecule has 0 radical (unpaired) electrons. The Morgan fingerprint density at radius 1 is 1.20 bits per heavy atom. The fourth-order valence-electron chi connectivity index (χ4n) is 4.08. The normalized spacial score (nSPS) is 21.3. The quantitative estimate of drug-likeness (QED) is 0.497. The minimum absolute atomic E-state index is 0.0116. The van der Waals surface area contributed by atoms with Crippen LogP contribution in [0.3, 0.4) is 0 Å². The van der Waals surface area contributed by atoms with Gasteiger partial charge in [0, 0.05) is 42.4 Å². The maximum atomic E-state index is 13.8. The van der Waals surface area contributed by atoms with Crippen molar-refractivity contribution in [2.75, 3.05) is 31.6 Å². The van der Waals surface area contributed by atoms with E-state index in [4.69, 9.17) is 10.4 Å². The summed E-state index contributed by atoms with van der Waals surface area (Å²) in [5, 5.41) is 36.3. The van der Waals surface area contributed by atoms with Crippen LogP contribution in [0, 0.1) is 22.4 Å². The van der Waals surface area contributed by atoms with Crippen LogP contribution in [-0.2, 0) is 0 Å². The Hall–Kier alpha value is -3.05. The zero-order chi connectivity index (χ0) is 21.1. The number of piperidine rings is 1. The van der Waals surface area contributed by atoms with Crippen molar-refractivity contribution in [3.63, 3.8) is 0 Å². The highest BCUT2D eigenvalue weighted by atomic mass is 19.1. The molecule has 0 spiro atoms. The molecule has 0 aliphatic carbocycles. The summed E-state index contributed by atoms with van der Waals surface area (Å²) >= 11 is 0. The van der Waals surface area contributed by atoms with Gasteiger partial charge in [0.15, 0.2) is 0 Å². The third-order valence-electron chi connectivity index (χ3n) is 5.81. The van der Waals surface area contributed by atoms with Gasteiger partial charge in [0.05, 0.1) is 25.3 Å². The van der Waals surface area contributed by atoms with Crippen LogP contribution in [0.5, 0.6) is 0 Å². The SMILES string of the molecule is N#Cc1cc(-c2cc(NC3CC[N+]([O-])(CCO)CC3)c3cnccc3c2)ccc1F. The predicted octanol–water partition coefficient (Wildman–Crippen LogP) is 3.79. The maximum absolute atomic E-state index is 13.8. The summed E-state index contributed by atoms with van der Waals surface area (Å²) in [4.78, 5) is 4.24. The van der Waals surface area contributed by atoms with Gasteiger partial charge < -0.3 is 20.3 Å². The number of hydroxylamine groups is 3. The molecule has 3 aromatic rings. The molecule has 0 atom stereocenters. The van der Waals surface area contributed by atoms with Crippen LogP contribution in [-0.4, -0.2) is 47.0 Å². The third kappa shape index (κ3) is 4.12. The highest BCUT2D eigenvalue weighted by molar-refractivity contribution is 5.97. The number of quaternary nitrogens is 1. The highest BCUT2D eigenvalue weighted by Crippen LogP contribution is 2.33. The standard InChI is InChI=1S/C23H23FN4O2/c24-22-2-1-16(11-19(22)14-25)18-12-17-3-6-26-15-21(17)23(13-18)27-20-4-7-28(30,8-5-20)9-10-29/h1-3,6,11-13,15,20,27,29H,4-5,7-10H2. The summed E-state index contributed by atoms with van der Waals surface area (Å²) in [7, 11) is 0. The van der Waals surface area contributed by atoms with Crippen molar-refractivity contribution in [2.24, 2.45) is 0 Å². The summed E-state index contributed by atoms with van der Waals surface area (Å²) < 4.78 is 13.4. The minimum atomic E-state index is -0.533. The number of aromatic nitrogens is 1. The van der Waals surface area contributed by atoms with Gasteiger partial charge in [-0.1, -0.05) is 6.07 Å². The first-order valence-corrected chi connectivity index (χ1v) is 10.0. The monoisotopic (exact) mass is 406 g/mol. The molecule has 0 bridgehead atoms. The molecule has 1 aromatic heterocycles. The number of aliphatic hydroxyl groups excluding tert-OH is 1. The third-order valence-corrected chi connectivity index (χ3v) is 5.81. The smallest absolute Gasteiger partial charge is 0.140 e. The molecule has 0 saturated carbocycles. The van der Waals surface area contributed by atoms with E-state index in [2.05, 4.69) is 10.3 Å². The number of nitrogens with one attached hydrogen (secondary N) is 1. The van der Waals surface area contributed by atoms with E-state index >= 15 is 0 Å². The Labute approximate surface area is 174 Å². The lowest BCUT2D eigenvalue weighted by atomic mass is 9.98. The average molecular weight is 406 g/mol. The van der Waals surface area contributed by atoms with Crippen molar-refractivity contribution in [1.82, 2.24) is 4.98 Å². The molecule has 0 unspecified atom stereocenters. The summed E-state index contributed by atoms with van der Waals surface area (Å²) in [6.45, 7) is 1.08. The lowest BCUT2D eigenvalue weighted by molar-refractivity contribution is -0.885. The first-order chi connectivity index (χ1) is 14.5. The fraction of sp³-hybridized carbons (Fsp3) is 0.304. The van der Waals surface area contributed by atoms with Crippen LogP contribution < -0.4 is 5.32 Å². The van der Waals surface area contributed by atoms with Crippen LogP contribution in [0.2, 0.25) is 0 Å². The molecule has 1 fully saturated rings. The molecule has 2 N–H and O–H groups in total. The van der Waals surface area contributed by atoms with E-state index in [1.165, 1.54) is 6.07 Å². The highest BCUT2D eigenvalue weighted by Gasteiger charge is 2.27. The van der Waals surface area contributed by atoms with Gasteiger partial charge in [0.2, 0.25) is 0 Å². The molecular formula is C23H23FN4O2. The zero-order valence-electron chi connectivity index (χ0n) is 16.5. The van der Waals surface area contributed by atoms with Crippen molar-refractivity contribution in [3.05, 3.63) is 65.4 Å². The molecule has 2 aromatic carbocycles. The van der Waals surface area contributed by atoms with E-state index in [1.54, 1.807) is 24.5 Å². The number of fused-ring (bicyclic) bond motifs is 1. The molecule has 2 heterocycles. The fourth-order valence-corrected chi connectivity index (χ4v) is 4.08. The molecule has 154 valence electrons. The molecular weight excluding hydrogens is 383 g/mol. The van der Waals surface area contributed by atoms with Crippen LogP contribution in [0.25, 0.3) is 21.9 Å². The second kappa shape index (κ2) is 8.36. The number of rotatable bonds is 5. The lowest BCUT2D eigenvalue weighted by Gasteiger charge is -2.47. The van der Waals surface area contributed by atoms with Crippen molar-refractivity contribution in [1.29, 1.82) is 5.26 Å². The van der Waals surface area contributed by atoms with E-state index in [1.807, 2.05) is 24.3 Å². The Balaban J connectivity index is 1.66. The molecule has 4 rings (SSSR count). The van der Waals surface area contributed by atoms with E-state index in [0.717, 1.165) is 27.6 Å². The van der Waals surface area contributed by atoms with Gasteiger partial charge in [0.25, 0.3) is 0 Å². The van der Waals surface area contributed by atoms with Gasteiger partial charge in [-0.3, -0.25) is 4.98 Å². The van der Waals surface area contributed by atoms with E-state index in [0.29, 0.717) is 25.9 Å². The Morgan fingerprint density at radius 3 is 2.73 bits per heavy atom. The Bertz CT molecular complexity index is 1100. The number of hydrogen-bond donors (Lipinski definition) is 2. The number of nitrogens with zero attached hydrogens (tertiary/aromatic N) is 3. The number of nitriles is 1. The van der Waals surface area contributed by atoms with Crippen molar-refractivity contribution in [3.8, 4) is 17.2 Å². The first-order valence-electron chi connectivity index (χ1n) is 10.0. The van der Waals surface area contributed by atoms with E-state index < -0.39 is 5.82 Å². The zero-order valence-corrected chi connectivity index (χ0v) is 16.5. The number of benzene rings is 2. The van der Waals surface area contributed by atoms with Crippen molar-refractivity contribution in [2.45, 2.75) is 18.9 Å². The van der Waals surface area contributed by atoms with Gasteiger partial charge in [-0.2, -0.15) is 5.26 Å². The topological polar surface area (TPSA) is 92.0 Å². The number of aliphatic hydroxyl groups is 1. The Kier molecular flexibility index (Phi) is 5.64. The second-order valence-electron chi connectivity index (χ2n) is 7.80. The Morgan fingerprint density at radius 2 is 2.00 bits per heavy atom. The number of pyridine rings is 1. The van der Waals surface area contributed by atoms with E-state index in [-0.39, 0.29) is 29.4 Å².